The molecular weight excluding hydrogens is 392 g/mol. The first-order chi connectivity index (χ1) is 13.5. The van der Waals surface area contributed by atoms with Gasteiger partial charge in [-0.15, -0.1) is 11.3 Å². The van der Waals surface area contributed by atoms with Crippen LogP contribution in [0.4, 0.5) is 10.7 Å². The van der Waals surface area contributed by atoms with Gasteiger partial charge in [-0.1, -0.05) is 35.9 Å². The molecule has 0 saturated heterocycles. The lowest BCUT2D eigenvalue weighted by atomic mass is 10.1. The number of hydrogen-bond acceptors (Lipinski definition) is 3. The molecule has 1 heterocycles. The summed E-state index contributed by atoms with van der Waals surface area (Å²) in [7, 11) is 0. The lowest BCUT2D eigenvalue weighted by Crippen LogP contribution is -2.18. The van der Waals surface area contributed by atoms with Crippen molar-refractivity contribution in [1.82, 2.24) is 0 Å². The van der Waals surface area contributed by atoms with Crippen molar-refractivity contribution in [3.63, 3.8) is 0 Å². The molecule has 4 nitrogen and oxygen atoms in total. The van der Waals surface area contributed by atoms with Crippen LogP contribution in [0.25, 0.3) is 0 Å². The van der Waals surface area contributed by atoms with E-state index in [1.807, 2.05) is 31.2 Å². The topological polar surface area (TPSA) is 58.2 Å². The van der Waals surface area contributed by atoms with Crippen LogP contribution in [-0.2, 0) is 12.8 Å². The molecule has 1 aliphatic rings. The van der Waals surface area contributed by atoms with E-state index >= 15 is 0 Å². The van der Waals surface area contributed by atoms with E-state index in [1.54, 1.807) is 24.3 Å². The molecule has 3 aromatic rings. The maximum atomic E-state index is 13.1. The molecule has 1 aromatic heterocycles. The Morgan fingerprint density at radius 1 is 1.00 bits per heavy atom. The summed E-state index contributed by atoms with van der Waals surface area (Å²) in [5, 5.41) is 6.85. The molecule has 142 valence electrons. The van der Waals surface area contributed by atoms with E-state index < -0.39 is 0 Å². The second kappa shape index (κ2) is 7.78. The number of carbonyl (C=O) groups is 2. The van der Waals surface area contributed by atoms with Gasteiger partial charge >= 0.3 is 0 Å². The Hall–Kier alpha value is -2.63. The van der Waals surface area contributed by atoms with Gasteiger partial charge < -0.3 is 10.6 Å². The fourth-order valence-electron chi connectivity index (χ4n) is 3.46. The predicted octanol–water partition coefficient (Wildman–Crippen LogP) is 5.70. The number of hydrogen-bond donors (Lipinski definition) is 2. The largest absolute Gasteiger partial charge is 0.322 e. The number of anilines is 2. The van der Waals surface area contributed by atoms with Gasteiger partial charge in [0.1, 0.15) is 5.00 Å². The van der Waals surface area contributed by atoms with Crippen molar-refractivity contribution in [3.8, 4) is 0 Å². The van der Waals surface area contributed by atoms with Crippen LogP contribution in [0.2, 0.25) is 5.02 Å². The highest BCUT2D eigenvalue weighted by Crippen LogP contribution is 2.39. The fraction of sp³-hybridized carbons (Fsp3) is 0.182. The Balaban J connectivity index is 1.65. The molecule has 4 rings (SSSR count). The molecule has 2 N–H and O–H groups in total. The van der Waals surface area contributed by atoms with E-state index in [2.05, 4.69) is 10.6 Å². The molecule has 0 spiro atoms. The average Bonchev–Trinajstić information content (AvgIpc) is 3.22. The van der Waals surface area contributed by atoms with Crippen LogP contribution in [0, 0.1) is 6.92 Å². The van der Waals surface area contributed by atoms with E-state index in [0.29, 0.717) is 21.2 Å². The average molecular weight is 411 g/mol. The highest BCUT2D eigenvalue weighted by Gasteiger charge is 2.28. The third-order valence-corrected chi connectivity index (χ3v) is 6.31. The van der Waals surface area contributed by atoms with E-state index in [9.17, 15) is 9.59 Å². The van der Waals surface area contributed by atoms with E-state index in [0.717, 1.165) is 36.1 Å². The maximum Gasteiger partial charge on any atom is 0.258 e. The summed E-state index contributed by atoms with van der Waals surface area (Å²) in [4.78, 5) is 27.0. The number of thiophene rings is 1. The van der Waals surface area contributed by atoms with Gasteiger partial charge in [-0.3, -0.25) is 9.59 Å². The summed E-state index contributed by atoms with van der Waals surface area (Å²) in [6.07, 6.45) is 2.82. The quantitative estimate of drug-likeness (QED) is 0.579. The lowest BCUT2D eigenvalue weighted by Gasteiger charge is -2.10. The normalized spacial score (nSPS) is 12.5. The van der Waals surface area contributed by atoms with Crippen molar-refractivity contribution in [3.05, 3.63) is 80.7 Å². The number of fused-ring (bicyclic) bond motifs is 1. The zero-order chi connectivity index (χ0) is 19.7. The van der Waals surface area contributed by atoms with Crippen LogP contribution in [0.5, 0.6) is 0 Å². The number of benzene rings is 2. The number of rotatable bonds is 4. The third kappa shape index (κ3) is 3.68. The first-order valence-corrected chi connectivity index (χ1v) is 10.3. The molecule has 1 aliphatic carbocycles. The van der Waals surface area contributed by atoms with Crippen molar-refractivity contribution < 1.29 is 9.59 Å². The second-order valence-electron chi connectivity index (χ2n) is 6.82. The van der Waals surface area contributed by atoms with Gasteiger partial charge in [-0.05, 0) is 61.6 Å². The first-order valence-electron chi connectivity index (χ1n) is 9.11. The van der Waals surface area contributed by atoms with Crippen molar-refractivity contribution in [1.29, 1.82) is 0 Å². The Morgan fingerprint density at radius 3 is 2.61 bits per heavy atom. The minimum atomic E-state index is -0.310. The van der Waals surface area contributed by atoms with Crippen molar-refractivity contribution in [2.75, 3.05) is 10.6 Å². The standard InChI is InChI=1S/C22H19ClN2O2S/c1-13-6-4-7-14(12-13)24-21(27)19-16-9-5-11-18(16)28-22(19)25-20(26)15-8-2-3-10-17(15)23/h2-4,6-8,10,12H,5,9,11H2,1H3,(H,24,27)(H,25,26). The maximum absolute atomic E-state index is 13.1. The monoisotopic (exact) mass is 410 g/mol. The Kier molecular flexibility index (Phi) is 5.20. The van der Waals surface area contributed by atoms with Crippen LogP contribution in [-0.4, -0.2) is 11.8 Å². The lowest BCUT2D eigenvalue weighted by molar-refractivity contribution is 0.102. The molecule has 0 unspecified atom stereocenters. The van der Waals surface area contributed by atoms with Gasteiger partial charge in [-0.25, -0.2) is 0 Å². The molecule has 6 heteroatoms. The van der Waals surface area contributed by atoms with Crippen molar-refractivity contribution in [2.24, 2.45) is 0 Å². The number of amides is 2. The van der Waals surface area contributed by atoms with Crippen LogP contribution >= 0.6 is 22.9 Å². The van der Waals surface area contributed by atoms with Crippen LogP contribution in [0.1, 0.15) is 43.1 Å². The molecule has 0 fully saturated rings. The molecule has 0 bridgehead atoms. The SMILES string of the molecule is Cc1cccc(NC(=O)c2c(NC(=O)c3ccccc3Cl)sc3c2CCC3)c1. The second-order valence-corrected chi connectivity index (χ2v) is 8.33. The van der Waals surface area contributed by atoms with Gasteiger partial charge in [0.2, 0.25) is 0 Å². The highest BCUT2D eigenvalue weighted by atomic mass is 35.5. The minimum absolute atomic E-state index is 0.195. The molecule has 0 radical (unpaired) electrons. The Labute approximate surface area is 172 Å². The van der Waals surface area contributed by atoms with Gasteiger partial charge in [0.25, 0.3) is 11.8 Å². The molecular formula is C22H19ClN2O2S. The molecule has 28 heavy (non-hydrogen) atoms. The zero-order valence-corrected chi connectivity index (χ0v) is 16.9. The summed E-state index contributed by atoms with van der Waals surface area (Å²) in [5.74, 6) is -0.505. The Morgan fingerprint density at radius 2 is 1.82 bits per heavy atom. The van der Waals surface area contributed by atoms with Gasteiger partial charge in [-0.2, -0.15) is 0 Å². The number of nitrogens with one attached hydrogen (secondary N) is 2. The molecule has 0 saturated carbocycles. The summed E-state index contributed by atoms with van der Waals surface area (Å²) >= 11 is 7.63. The number of carbonyl (C=O) groups excluding carboxylic acids is 2. The van der Waals surface area contributed by atoms with Gasteiger partial charge in [0.15, 0.2) is 0 Å². The predicted molar refractivity (Wildman–Crippen MR) is 115 cm³/mol. The van der Waals surface area contributed by atoms with Crippen LogP contribution < -0.4 is 10.6 Å². The van der Waals surface area contributed by atoms with Crippen LogP contribution in [0.15, 0.2) is 48.5 Å². The van der Waals surface area contributed by atoms with E-state index in [-0.39, 0.29) is 11.8 Å². The van der Waals surface area contributed by atoms with Gasteiger partial charge in [0, 0.05) is 10.6 Å². The zero-order valence-electron chi connectivity index (χ0n) is 15.3. The Bertz CT molecular complexity index is 1070. The summed E-state index contributed by atoms with van der Waals surface area (Å²) in [6.45, 7) is 1.98. The molecule has 2 amide bonds. The first kappa shape index (κ1) is 18.7. The smallest absolute Gasteiger partial charge is 0.258 e. The van der Waals surface area contributed by atoms with Crippen molar-refractivity contribution >= 4 is 45.4 Å². The number of aryl methyl sites for hydroxylation is 2. The number of halogens is 1. The fourth-order valence-corrected chi connectivity index (χ4v) is 4.97. The molecule has 2 aromatic carbocycles. The van der Waals surface area contributed by atoms with E-state index in [4.69, 9.17) is 11.6 Å². The summed E-state index contributed by atoms with van der Waals surface area (Å²) in [5.41, 5.74) is 3.82. The van der Waals surface area contributed by atoms with Crippen LogP contribution in [0.3, 0.4) is 0 Å². The van der Waals surface area contributed by atoms with Crippen molar-refractivity contribution in [2.45, 2.75) is 26.2 Å². The molecule has 0 aliphatic heterocycles. The van der Waals surface area contributed by atoms with Gasteiger partial charge in [0.05, 0.1) is 16.1 Å². The third-order valence-electron chi connectivity index (χ3n) is 4.77. The summed E-state index contributed by atoms with van der Waals surface area (Å²) in [6, 6.07) is 14.6. The molecule has 0 atom stereocenters. The summed E-state index contributed by atoms with van der Waals surface area (Å²) < 4.78 is 0. The minimum Gasteiger partial charge on any atom is -0.322 e. The highest BCUT2D eigenvalue weighted by molar-refractivity contribution is 7.17. The van der Waals surface area contributed by atoms with E-state index in [1.165, 1.54) is 16.2 Å².